The molecule has 1 heterocycles. The summed E-state index contributed by atoms with van der Waals surface area (Å²) in [5, 5.41) is 13.0. The van der Waals surface area contributed by atoms with Crippen LogP contribution in [0.4, 0.5) is 0 Å². The molecular formula is C19H28N2O2. The van der Waals surface area contributed by atoms with Crippen molar-refractivity contribution < 1.29 is 9.52 Å². The third kappa shape index (κ3) is 5.20. The molecule has 2 aromatic rings. The molecule has 0 bridgehead atoms. The van der Waals surface area contributed by atoms with Crippen molar-refractivity contribution in [3.63, 3.8) is 0 Å². The minimum Gasteiger partial charge on any atom is -0.460 e. The van der Waals surface area contributed by atoms with Gasteiger partial charge in [0.05, 0.1) is 12.6 Å². The number of nitrogens with one attached hydrogen (secondary N) is 1. The summed E-state index contributed by atoms with van der Waals surface area (Å²) in [5.41, 5.74) is 1.95. The first-order valence-electron chi connectivity index (χ1n) is 8.44. The lowest BCUT2D eigenvalue weighted by Gasteiger charge is -2.17. The van der Waals surface area contributed by atoms with Gasteiger partial charge >= 0.3 is 0 Å². The molecular weight excluding hydrogens is 288 g/mol. The van der Waals surface area contributed by atoms with Crippen LogP contribution in [-0.4, -0.2) is 36.2 Å². The van der Waals surface area contributed by atoms with E-state index >= 15 is 0 Å². The zero-order valence-electron chi connectivity index (χ0n) is 14.4. The highest BCUT2D eigenvalue weighted by Gasteiger charge is 2.06. The summed E-state index contributed by atoms with van der Waals surface area (Å²) in [6, 6.07) is 11.9. The Hall–Kier alpha value is -1.62. The highest BCUT2D eigenvalue weighted by molar-refractivity contribution is 5.58. The van der Waals surface area contributed by atoms with E-state index in [0.29, 0.717) is 0 Å². The zero-order chi connectivity index (χ0) is 16.7. The first-order chi connectivity index (χ1) is 11.1. The number of benzene rings is 1. The first kappa shape index (κ1) is 17.7. The normalized spacial score (nSPS) is 12.7. The Morgan fingerprint density at radius 3 is 2.39 bits per heavy atom. The molecule has 0 aliphatic carbocycles. The van der Waals surface area contributed by atoms with E-state index in [1.807, 2.05) is 36.4 Å². The number of hydrogen-bond acceptors (Lipinski definition) is 4. The van der Waals surface area contributed by atoms with E-state index in [1.54, 1.807) is 6.92 Å². The van der Waals surface area contributed by atoms with Gasteiger partial charge in [-0.15, -0.1) is 0 Å². The van der Waals surface area contributed by atoms with Gasteiger partial charge in [0, 0.05) is 18.7 Å². The van der Waals surface area contributed by atoms with E-state index in [-0.39, 0.29) is 0 Å². The van der Waals surface area contributed by atoms with Crippen molar-refractivity contribution in [2.24, 2.45) is 0 Å². The van der Waals surface area contributed by atoms with E-state index in [1.165, 1.54) is 0 Å². The Kier molecular flexibility index (Phi) is 6.84. The van der Waals surface area contributed by atoms with E-state index in [4.69, 9.17) is 4.42 Å². The Balaban J connectivity index is 1.85. The minimum atomic E-state index is -0.439. The molecule has 1 unspecified atom stereocenters. The average molecular weight is 316 g/mol. The van der Waals surface area contributed by atoms with E-state index in [9.17, 15) is 5.11 Å². The fourth-order valence-electron chi connectivity index (χ4n) is 2.54. The Morgan fingerprint density at radius 1 is 1.09 bits per heavy atom. The Bertz CT molecular complexity index is 571. The molecule has 0 amide bonds. The topological polar surface area (TPSA) is 48.6 Å². The number of hydrogen-bond donors (Lipinski definition) is 2. The van der Waals surface area contributed by atoms with E-state index in [0.717, 1.165) is 55.4 Å². The lowest BCUT2D eigenvalue weighted by molar-refractivity contribution is 0.199. The number of likely N-dealkylation sites (N-methyl/N-ethyl adjacent to an activating group) is 1. The van der Waals surface area contributed by atoms with Gasteiger partial charge in [0.25, 0.3) is 0 Å². The first-order valence-corrected chi connectivity index (χ1v) is 8.44. The molecule has 0 fully saturated rings. The predicted octanol–water partition coefficient (Wildman–Crippen LogP) is 3.43. The molecule has 126 valence electrons. The second-order valence-corrected chi connectivity index (χ2v) is 5.77. The fraction of sp³-hybridized carbons (Fsp3) is 0.474. The molecule has 1 aromatic heterocycles. The lowest BCUT2D eigenvalue weighted by Crippen LogP contribution is -2.31. The molecule has 2 rings (SSSR count). The SMILES string of the molecule is CCN(CC)CCNCc1ccc(-c2ccc(C(C)O)cc2)o1. The summed E-state index contributed by atoms with van der Waals surface area (Å²) < 4.78 is 5.89. The smallest absolute Gasteiger partial charge is 0.134 e. The molecule has 4 nitrogen and oxygen atoms in total. The van der Waals surface area contributed by atoms with Crippen molar-refractivity contribution in [3.8, 4) is 11.3 Å². The molecule has 1 aromatic carbocycles. The van der Waals surface area contributed by atoms with Gasteiger partial charge in [0.15, 0.2) is 0 Å². The predicted molar refractivity (Wildman–Crippen MR) is 94.3 cm³/mol. The lowest BCUT2D eigenvalue weighted by atomic mass is 10.1. The summed E-state index contributed by atoms with van der Waals surface area (Å²) >= 11 is 0. The van der Waals surface area contributed by atoms with Crippen LogP contribution in [0.25, 0.3) is 11.3 Å². The monoisotopic (exact) mass is 316 g/mol. The maximum absolute atomic E-state index is 9.55. The second kappa shape index (κ2) is 8.87. The molecule has 0 saturated carbocycles. The van der Waals surface area contributed by atoms with Gasteiger partial charge in [0.1, 0.15) is 11.5 Å². The van der Waals surface area contributed by atoms with Crippen LogP contribution >= 0.6 is 0 Å². The van der Waals surface area contributed by atoms with Gasteiger partial charge in [-0.2, -0.15) is 0 Å². The summed E-state index contributed by atoms with van der Waals surface area (Å²) in [4.78, 5) is 2.39. The quantitative estimate of drug-likeness (QED) is 0.696. The molecule has 0 aliphatic rings. The summed E-state index contributed by atoms with van der Waals surface area (Å²) in [7, 11) is 0. The van der Waals surface area contributed by atoms with E-state index < -0.39 is 6.10 Å². The van der Waals surface area contributed by atoms with Crippen molar-refractivity contribution in [1.29, 1.82) is 0 Å². The third-order valence-electron chi connectivity index (χ3n) is 4.14. The van der Waals surface area contributed by atoms with E-state index in [2.05, 4.69) is 24.1 Å². The van der Waals surface area contributed by atoms with Crippen molar-refractivity contribution in [2.45, 2.75) is 33.4 Å². The maximum Gasteiger partial charge on any atom is 0.134 e. The highest BCUT2D eigenvalue weighted by atomic mass is 16.3. The standard InChI is InChI=1S/C19H28N2O2/c1-4-21(5-2)13-12-20-14-18-10-11-19(23-18)17-8-6-16(7-9-17)15(3)22/h6-11,15,20,22H,4-5,12-14H2,1-3H3. The molecule has 0 saturated heterocycles. The second-order valence-electron chi connectivity index (χ2n) is 5.77. The Morgan fingerprint density at radius 2 is 1.78 bits per heavy atom. The van der Waals surface area contributed by atoms with Crippen LogP contribution in [0.3, 0.4) is 0 Å². The largest absolute Gasteiger partial charge is 0.460 e. The summed E-state index contributed by atoms with van der Waals surface area (Å²) in [6.45, 7) is 11.1. The van der Waals surface area contributed by atoms with Crippen molar-refractivity contribution in [1.82, 2.24) is 10.2 Å². The molecule has 1 atom stereocenters. The number of aliphatic hydroxyl groups excluding tert-OH is 1. The molecule has 0 spiro atoms. The van der Waals surface area contributed by atoms with Crippen molar-refractivity contribution in [3.05, 3.63) is 47.7 Å². The fourth-order valence-corrected chi connectivity index (χ4v) is 2.54. The molecule has 4 heteroatoms. The van der Waals surface area contributed by atoms with Gasteiger partial charge < -0.3 is 19.7 Å². The van der Waals surface area contributed by atoms with Gasteiger partial charge in [0.2, 0.25) is 0 Å². The van der Waals surface area contributed by atoms with Crippen molar-refractivity contribution in [2.75, 3.05) is 26.2 Å². The van der Waals surface area contributed by atoms with Crippen LogP contribution in [-0.2, 0) is 6.54 Å². The summed E-state index contributed by atoms with van der Waals surface area (Å²) in [5.74, 6) is 1.81. The van der Waals surface area contributed by atoms with Crippen molar-refractivity contribution >= 4 is 0 Å². The van der Waals surface area contributed by atoms with Crippen LogP contribution in [0.15, 0.2) is 40.8 Å². The Labute approximate surface area is 139 Å². The number of furan rings is 1. The molecule has 23 heavy (non-hydrogen) atoms. The average Bonchev–Trinajstić information content (AvgIpc) is 3.04. The van der Waals surface area contributed by atoms with Crippen LogP contribution in [0.1, 0.15) is 38.2 Å². The minimum absolute atomic E-state index is 0.439. The molecule has 2 N–H and O–H groups in total. The number of rotatable bonds is 9. The highest BCUT2D eigenvalue weighted by Crippen LogP contribution is 2.24. The number of aliphatic hydroxyl groups is 1. The van der Waals surface area contributed by atoms with Crippen LogP contribution < -0.4 is 5.32 Å². The van der Waals surface area contributed by atoms with Crippen LogP contribution in [0.2, 0.25) is 0 Å². The molecule has 0 aliphatic heterocycles. The van der Waals surface area contributed by atoms with Gasteiger partial charge in [-0.05, 0) is 37.7 Å². The van der Waals surface area contributed by atoms with Gasteiger partial charge in [-0.3, -0.25) is 0 Å². The van der Waals surface area contributed by atoms with Crippen LogP contribution in [0.5, 0.6) is 0 Å². The zero-order valence-corrected chi connectivity index (χ0v) is 14.4. The van der Waals surface area contributed by atoms with Gasteiger partial charge in [-0.1, -0.05) is 38.1 Å². The van der Waals surface area contributed by atoms with Crippen LogP contribution in [0, 0.1) is 0 Å². The molecule has 0 radical (unpaired) electrons. The maximum atomic E-state index is 9.55. The summed E-state index contributed by atoms with van der Waals surface area (Å²) in [6.07, 6.45) is -0.439. The van der Waals surface area contributed by atoms with Gasteiger partial charge in [-0.25, -0.2) is 0 Å². The number of nitrogens with zero attached hydrogens (tertiary/aromatic N) is 1. The third-order valence-corrected chi connectivity index (χ3v) is 4.14.